The van der Waals surface area contributed by atoms with Crippen LogP contribution in [0.4, 0.5) is 0 Å². The Bertz CT molecular complexity index is 434. The molecule has 0 saturated heterocycles. The van der Waals surface area contributed by atoms with Gasteiger partial charge in [-0.1, -0.05) is 13.8 Å². The van der Waals surface area contributed by atoms with Crippen molar-refractivity contribution in [2.24, 2.45) is 5.41 Å². The Morgan fingerprint density at radius 3 is 2.76 bits per heavy atom. The van der Waals surface area contributed by atoms with Crippen molar-refractivity contribution >= 4 is 5.91 Å². The van der Waals surface area contributed by atoms with E-state index in [0.717, 1.165) is 25.2 Å². The highest BCUT2D eigenvalue weighted by Crippen LogP contribution is 2.30. The van der Waals surface area contributed by atoms with Gasteiger partial charge in [-0.25, -0.2) is 0 Å². The van der Waals surface area contributed by atoms with Gasteiger partial charge < -0.3 is 9.88 Å². The maximum atomic E-state index is 12.0. The average Bonchev–Trinajstić information content (AvgIpc) is 2.57. The van der Waals surface area contributed by atoms with Gasteiger partial charge in [0.2, 0.25) is 5.82 Å². The number of aromatic nitrogens is 3. The molecule has 0 spiro atoms. The lowest BCUT2D eigenvalue weighted by Crippen LogP contribution is -2.35. The van der Waals surface area contributed by atoms with Gasteiger partial charge in [0.05, 0.1) is 0 Å². The second kappa shape index (κ2) is 4.13. The Morgan fingerprint density at radius 2 is 2.12 bits per heavy atom. The summed E-state index contributed by atoms with van der Waals surface area (Å²) in [7, 11) is 0. The van der Waals surface area contributed by atoms with Crippen LogP contribution in [-0.2, 0) is 13.0 Å². The number of carbonyl (C=O) groups is 1. The third-order valence-corrected chi connectivity index (χ3v) is 3.06. The van der Waals surface area contributed by atoms with Gasteiger partial charge in [0.15, 0.2) is 0 Å². The lowest BCUT2D eigenvalue weighted by molar-refractivity contribution is 0.0922. The van der Waals surface area contributed by atoms with E-state index >= 15 is 0 Å². The molecule has 0 aliphatic carbocycles. The fourth-order valence-electron chi connectivity index (χ4n) is 2.14. The first-order chi connectivity index (χ1) is 7.89. The molecule has 2 rings (SSSR count). The first-order valence-electron chi connectivity index (χ1n) is 6.12. The summed E-state index contributed by atoms with van der Waals surface area (Å²) in [6.45, 7) is 9.11. The van der Waals surface area contributed by atoms with E-state index in [1.54, 1.807) is 0 Å². The molecule has 0 unspecified atom stereocenters. The molecule has 0 radical (unpaired) electrons. The van der Waals surface area contributed by atoms with Gasteiger partial charge in [-0.2, -0.15) is 0 Å². The third-order valence-electron chi connectivity index (χ3n) is 3.06. The summed E-state index contributed by atoms with van der Waals surface area (Å²) in [6.07, 6.45) is 1.99. The SMILES string of the molecule is CC(C)NC(=O)c1nnc2n1CC(C)(C)CC2. The van der Waals surface area contributed by atoms with E-state index < -0.39 is 0 Å². The standard InChI is InChI=1S/C12H20N4O/c1-8(2)13-11(17)10-15-14-9-5-6-12(3,4)7-16(9)10/h8H,5-7H2,1-4H3,(H,13,17). The zero-order chi connectivity index (χ0) is 12.6. The van der Waals surface area contributed by atoms with E-state index in [-0.39, 0.29) is 17.4 Å². The number of carbonyl (C=O) groups excluding carboxylic acids is 1. The second-order valence-corrected chi connectivity index (χ2v) is 5.82. The predicted octanol–water partition coefficient (Wildman–Crippen LogP) is 1.39. The Balaban J connectivity index is 2.26. The Hall–Kier alpha value is -1.39. The molecule has 1 aromatic heterocycles. The van der Waals surface area contributed by atoms with Crippen LogP contribution in [-0.4, -0.2) is 26.7 Å². The molecule has 0 saturated carbocycles. The molecule has 0 fully saturated rings. The summed E-state index contributed by atoms with van der Waals surface area (Å²) in [6, 6.07) is 0.118. The maximum absolute atomic E-state index is 12.0. The fraction of sp³-hybridized carbons (Fsp3) is 0.750. The minimum atomic E-state index is -0.128. The number of nitrogens with zero attached hydrogens (tertiary/aromatic N) is 3. The van der Waals surface area contributed by atoms with Crippen molar-refractivity contribution in [2.75, 3.05) is 0 Å². The van der Waals surface area contributed by atoms with Crippen molar-refractivity contribution in [3.8, 4) is 0 Å². The molecule has 1 N–H and O–H groups in total. The number of hydrogen-bond donors (Lipinski definition) is 1. The zero-order valence-corrected chi connectivity index (χ0v) is 10.9. The van der Waals surface area contributed by atoms with Crippen molar-refractivity contribution < 1.29 is 4.79 Å². The number of hydrogen-bond acceptors (Lipinski definition) is 3. The van der Waals surface area contributed by atoms with E-state index in [4.69, 9.17) is 0 Å². The summed E-state index contributed by atoms with van der Waals surface area (Å²) in [5.41, 5.74) is 0.211. The molecule has 0 aromatic carbocycles. The molecule has 1 amide bonds. The molecule has 5 heteroatoms. The Morgan fingerprint density at radius 1 is 1.41 bits per heavy atom. The third kappa shape index (κ3) is 2.48. The number of fused-ring (bicyclic) bond motifs is 1. The molecule has 0 atom stereocenters. The smallest absolute Gasteiger partial charge is 0.289 e. The van der Waals surface area contributed by atoms with Crippen LogP contribution >= 0.6 is 0 Å². The predicted molar refractivity (Wildman–Crippen MR) is 64.7 cm³/mol. The molecule has 1 aliphatic heterocycles. The Kier molecular flexibility index (Phi) is 2.93. The monoisotopic (exact) mass is 236 g/mol. The number of aryl methyl sites for hydroxylation is 1. The van der Waals surface area contributed by atoms with Gasteiger partial charge >= 0.3 is 0 Å². The van der Waals surface area contributed by atoms with Crippen LogP contribution < -0.4 is 5.32 Å². The molecule has 1 aliphatic rings. The lowest BCUT2D eigenvalue weighted by atomic mass is 9.85. The molecular formula is C12H20N4O. The van der Waals surface area contributed by atoms with Gasteiger partial charge in [-0.15, -0.1) is 10.2 Å². The highest BCUT2D eigenvalue weighted by atomic mass is 16.2. The largest absolute Gasteiger partial charge is 0.347 e. The van der Waals surface area contributed by atoms with E-state index in [2.05, 4.69) is 29.4 Å². The van der Waals surface area contributed by atoms with Crippen molar-refractivity contribution in [3.63, 3.8) is 0 Å². The normalized spacial score (nSPS) is 17.9. The molecule has 94 valence electrons. The van der Waals surface area contributed by atoms with Gasteiger partial charge in [-0.05, 0) is 25.7 Å². The van der Waals surface area contributed by atoms with E-state index in [1.165, 1.54) is 0 Å². The van der Waals surface area contributed by atoms with Crippen LogP contribution in [0.3, 0.4) is 0 Å². The van der Waals surface area contributed by atoms with Crippen LogP contribution in [0.5, 0.6) is 0 Å². The van der Waals surface area contributed by atoms with Gasteiger partial charge in [0.25, 0.3) is 5.91 Å². The van der Waals surface area contributed by atoms with Crippen molar-refractivity contribution in [1.82, 2.24) is 20.1 Å². The van der Waals surface area contributed by atoms with E-state index in [9.17, 15) is 4.79 Å². The first-order valence-corrected chi connectivity index (χ1v) is 6.12. The topological polar surface area (TPSA) is 59.8 Å². The summed E-state index contributed by atoms with van der Waals surface area (Å²) in [5.74, 6) is 1.25. The summed E-state index contributed by atoms with van der Waals surface area (Å²) < 4.78 is 1.96. The van der Waals surface area contributed by atoms with Gasteiger partial charge in [0.1, 0.15) is 5.82 Å². The van der Waals surface area contributed by atoms with Crippen LogP contribution in [0.25, 0.3) is 0 Å². The molecule has 5 nitrogen and oxygen atoms in total. The quantitative estimate of drug-likeness (QED) is 0.844. The zero-order valence-electron chi connectivity index (χ0n) is 10.9. The second-order valence-electron chi connectivity index (χ2n) is 5.82. The minimum Gasteiger partial charge on any atom is -0.347 e. The molecule has 0 bridgehead atoms. The molecule has 17 heavy (non-hydrogen) atoms. The number of rotatable bonds is 2. The highest BCUT2D eigenvalue weighted by Gasteiger charge is 2.30. The van der Waals surface area contributed by atoms with Crippen molar-refractivity contribution in [2.45, 2.75) is 53.1 Å². The van der Waals surface area contributed by atoms with Crippen LogP contribution in [0.1, 0.15) is 50.6 Å². The fourth-order valence-corrected chi connectivity index (χ4v) is 2.14. The molecule has 2 heterocycles. The number of nitrogens with one attached hydrogen (secondary N) is 1. The summed E-state index contributed by atoms with van der Waals surface area (Å²) >= 11 is 0. The summed E-state index contributed by atoms with van der Waals surface area (Å²) in [5, 5.41) is 11.0. The molecule has 1 aromatic rings. The van der Waals surface area contributed by atoms with Crippen molar-refractivity contribution in [3.05, 3.63) is 11.6 Å². The average molecular weight is 236 g/mol. The molecular weight excluding hydrogens is 216 g/mol. The van der Waals surface area contributed by atoms with Crippen LogP contribution in [0.2, 0.25) is 0 Å². The van der Waals surface area contributed by atoms with E-state index in [0.29, 0.717) is 5.82 Å². The maximum Gasteiger partial charge on any atom is 0.289 e. The van der Waals surface area contributed by atoms with Crippen LogP contribution in [0, 0.1) is 5.41 Å². The van der Waals surface area contributed by atoms with Gasteiger partial charge in [-0.3, -0.25) is 4.79 Å². The Labute approximate surface area is 102 Å². The summed E-state index contributed by atoms with van der Waals surface area (Å²) in [4.78, 5) is 12.0. The lowest BCUT2D eigenvalue weighted by Gasteiger charge is -2.30. The van der Waals surface area contributed by atoms with Gasteiger partial charge in [0, 0.05) is 19.0 Å². The van der Waals surface area contributed by atoms with E-state index in [1.807, 2.05) is 18.4 Å². The van der Waals surface area contributed by atoms with Crippen LogP contribution in [0.15, 0.2) is 0 Å². The first kappa shape index (κ1) is 12.1. The van der Waals surface area contributed by atoms with Crippen molar-refractivity contribution in [1.29, 1.82) is 0 Å². The number of amides is 1. The highest BCUT2D eigenvalue weighted by molar-refractivity contribution is 5.90. The minimum absolute atomic E-state index is 0.118.